The van der Waals surface area contributed by atoms with Crippen LogP contribution in [0, 0.1) is 0 Å². The van der Waals surface area contributed by atoms with Gasteiger partial charge >= 0.3 is 0 Å². The lowest BCUT2D eigenvalue weighted by Gasteiger charge is -2.34. The largest absolute Gasteiger partial charge is 0.276 e. The van der Waals surface area contributed by atoms with Crippen LogP contribution < -0.4 is 0 Å². The zero-order chi connectivity index (χ0) is 6.81. The van der Waals surface area contributed by atoms with E-state index in [0.717, 1.165) is 19.1 Å². The molecule has 0 saturated carbocycles. The standard InChI is InChI=1S/C7H13N3/c1-2-6-10-7(3-1)4-5-8-9-10/h7H,1-6H2. The summed E-state index contributed by atoms with van der Waals surface area (Å²) in [6, 6.07) is 0.728. The van der Waals surface area contributed by atoms with Gasteiger partial charge < -0.3 is 0 Å². The third-order valence-corrected chi connectivity index (χ3v) is 2.34. The monoisotopic (exact) mass is 139 g/mol. The molecule has 0 aromatic carbocycles. The molecular formula is C7H13N3. The second kappa shape index (κ2) is 2.56. The van der Waals surface area contributed by atoms with Gasteiger partial charge in [-0.2, -0.15) is 5.11 Å². The van der Waals surface area contributed by atoms with Gasteiger partial charge in [-0.25, -0.2) is 0 Å². The third kappa shape index (κ3) is 1.00. The fraction of sp³-hybridized carbons (Fsp3) is 1.00. The van der Waals surface area contributed by atoms with Crippen LogP contribution in [-0.4, -0.2) is 24.1 Å². The van der Waals surface area contributed by atoms with Crippen LogP contribution in [0.3, 0.4) is 0 Å². The van der Waals surface area contributed by atoms with Crippen LogP contribution in [0.1, 0.15) is 25.7 Å². The van der Waals surface area contributed by atoms with Crippen LogP contribution in [0.5, 0.6) is 0 Å². The molecule has 0 bridgehead atoms. The van der Waals surface area contributed by atoms with Gasteiger partial charge in [-0.3, -0.25) is 5.01 Å². The topological polar surface area (TPSA) is 28.0 Å². The molecule has 2 rings (SSSR count). The highest BCUT2D eigenvalue weighted by molar-refractivity contribution is 4.76. The SMILES string of the molecule is C1CCN2N=NCCC2C1. The van der Waals surface area contributed by atoms with Crippen molar-refractivity contribution in [2.45, 2.75) is 31.7 Å². The first-order chi connectivity index (χ1) is 4.97. The fourth-order valence-electron chi connectivity index (χ4n) is 1.73. The summed E-state index contributed by atoms with van der Waals surface area (Å²) < 4.78 is 0. The Morgan fingerprint density at radius 1 is 1.20 bits per heavy atom. The lowest BCUT2D eigenvalue weighted by atomic mass is 10.0. The van der Waals surface area contributed by atoms with Crippen LogP contribution in [0.4, 0.5) is 0 Å². The second-order valence-corrected chi connectivity index (χ2v) is 3.06. The average molecular weight is 139 g/mol. The van der Waals surface area contributed by atoms with Crippen LogP contribution in [-0.2, 0) is 0 Å². The minimum absolute atomic E-state index is 0.728. The third-order valence-electron chi connectivity index (χ3n) is 2.34. The summed E-state index contributed by atoms with van der Waals surface area (Å²) in [7, 11) is 0. The molecule has 2 aliphatic rings. The van der Waals surface area contributed by atoms with Gasteiger partial charge in [0.05, 0.1) is 12.6 Å². The van der Waals surface area contributed by atoms with Crippen LogP contribution in [0.15, 0.2) is 10.3 Å². The zero-order valence-corrected chi connectivity index (χ0v) is 6.16. The lowest BCUT2D eigenvalue weighted by Crippen LogP contribution is -2.37. The van der Waals surface area contributed by atoms with Crippen molar-refractivity contribution in [3.8, 4) is 0 Å². The molecule has 56 valence electrons. The quantitative estimate of drug-likeness (QED) is 0.501. The van der Waals surface area contributed by atoms with Gasteiger partial charge in [-0.15, -0.1) is 0 Å². The predicted octanol–water partition coefficient (Wildman–Crippen LogP) is 1.61. The summed E-state index contributed by atoms with van der Waals surface area (Å²) in [4.78, 5) is 0. The molecule has 3 nitrogen and oxygen atoms in total. The summed E-state index contributed by atoms with van der Waals surface area (Å²) in [6.07, 6.45) is 5.24. The molecule has 1 unspecified atom stereocenters. The van der Waals surface area contributed by atoms with E-state index in [0.29, 0.717) is 0 Å². The van der Waals surface area contributed by atoms with E-state index in [2.05, 4.69) is 15.3 Å². The van der Waals surface area contributed by atoms with Crippen LogP contribution >= 0.6 is 0 Å². The molecule has 1 saturated heterocycles. The van der Waals surface area contributed by atoms with E-state index in [9.17, 15) is 0 Å². The van der Waals surface area contributed by atoms with Crippen LogP contribution in [0.25, 0.3) is 0 Å². The molecule has 0 radical (unpaired) electrons. The molecule has 0 aromatic heterocycles. The molecule has 0 aromatic rings. The highest BCUT2D eigenvalue weighted by Crippen LogP contribution is 2.22. The van der Waals surface area contributed by atoms with Gasteiger partial charge in [-0.05, 0) is 25.7 Å². The number of nitrogens with zero attached hydrogens (tertiary/aromatic N) is 3. The Morgan fingerprint density at radius 3 is 3.10 bits per heavy atom. The van der Waals surface area contributed by atoms with E-state index >= 15 is 0 Å². The van der Waals surface area contributed by atoms with E-state index in [1.54, 1.807) is 0 Å². The first kappa shape index (κ1) is 6.13. The van der Waals surface area contributed by atoms with Crippen molar-refractivity contribution in [2.24, 2.45) is 10.3 Å². The van der Waals surface area contributed by atoms with Gasteiger partial charge in [0.15, 0.2) is 0 Å². The Kier molecular flexibility index (Phi) is 1.57. The van der Waals surface area contributed by atoms with Crippen molar-refractivity contribution in [1.82, 2.24) is 5.01 Å². The number of piperidine rings is 1. The maximum Gasteiger partial charge on any atom is 0.0640 e. The number of fused-ring (bicyclic) bond motifs is 1. The molecule has 0 N–H and O–H groups in total. The Labute approximate surface area is 61.1 Å². The van der Waals surface area contributed by atoms with E-state index in [-0.39, 0.29) is 0 Å². The van der Waals surface area contributed by atoms with Gasteiger partial charge in [0.2, 0.25) is 0 Å². The number of hydrogen-bond acceptors (Lipinski definition) is 3. The van der Waals surface area contributed by atoms with Gasteiger partial charge in [0.1, 0.15) is 0 Å². The van der Waals surface area contributed by atoms with Crippen molar-refractivity contribution < 1.29 is 0 Å². The van der Waals surface area contributed by atoms with Crippen molar-refractivity contribution >= 4 is 0 Å². The van der Waals surface area contributed by atoms with Crippen molar-refractivity contribution in [3.05, 3.63) is 0 Å². The van der Waals surface area contributed by atoms with Crippen molar-refractivity contribution in [3.63, 3.8) is 0 Å². The summed E-state index contributed by atoms with van der Waals surface area (Å²) in [5, 5.41) is 10.3. The highest BCUT2D eigenvalue weighted by Gasteiger charge is 2.22. The number of hydrogen-bond donors (Lipinski definition) is 0. The normalized spacial score (nSPS) is 32.0. The smallest absolute Gasteiger partial charge is 0.0640 e. The second-order valence-electron chi connectivity index (χ2n) is 3.06. The molecule has 3 heteroatoms. The van der Waals surface area contributed by atoms with Gasteiger partial charge in [0.25, 0.3) is 0 Å². The Bertz CT molecular complexity index is 144. The van der Waals surface area contributed by atoms with E-state index in [4.69, 9.17) is 0 Å². The van der Waals surface area contributed by atoms with Gasteiger partial charge in [0, 0.05) is 6.54 Å². The Hall–Kier alpha value is -0.600. The first-order valence-electron chi connectivity index (χ1n) is 4.11. The molecule has 0 amide bonds. The van der Waals surface area contributed by atoms with E-state index in [1.165, 1.54) is 25.7 Å². The molecule has 10 heavy (non-hydrogen) atoms. The van der Waals surface area contributed by atoms with Crippen molar-refractivity contribution in [1.29, 1.82) is 0 Å². The Morgan fingerprint density at radius 2 is 2.20 bits per heavy atom. The van der Waals surface area contributed by atoms with Crippen molar-refractivity contribution in [2.75, 3.05) is 13.1 Å². The molecule has 0 aliphatic carbocycles. The van der Waals surface area contributed by atoms with Crippen LogP contribution in [0.2, 0.25) is 0 Å². The van der Waals surface area contributed by atoms with E-state index < -0.39 is 0 Å². The predicted molar refractivity (Wildman–Crippen MR) is 38.7 cm³/mol. The summed E-state index contributed by atoms with van der Waals surface area (Å²) in [5.74, 6) is 0. The maximum atomic E-state index is 4.11. The Balaban J connectivity index is 2.03. The molecule has 2 aliphatic heterocycles. The highest BCUT2D eigenvalue weighted by atomic mass is 15.6. The van der Waals surface area contributed by atoms with E-state index in [1.807, 2.05) is 0 Å². The molecule has 0 spiro atoms. The summed E-state index contributed by atoms with van der Waals surface area (Å²) >= 11 is 0. The molecular weight excluding hydrogens is 126 g/mol. The first-order valence-corrected chi connectivity index (χ1v) is 4.11. The minimum atomic E-state index is 0.728. The summed E-state index contributed by atoms with van der Waals surface area (Å²) in [6.45, 7) is 2.08. The number of rotatable bonds is 0. The van der Waals surface area contributed by atoms with Gasteiger partial charge in [-0.1, -0.05) is 5.22 Å². The fourth-order valence-corrected chi connectivity index (χ4v) is 1.73. The zero-order valence-electron chi connectivity index (χ0n) is 6.16. The summed E-state index contributed by atoms with van der Waals surface area (Å²) in [5.41, 5.74) is 0. The lowest BCUT2D eigenvalue weighted by molar-refractivity contribution is 0.116. The average Bonchev–Trinajstić information content (AvgIpc) is 2.05. The molecule has 1 atom stereocenters. The minimum Gasteiger partial charge on any atom is -0.276 e. The molecule has 2 heterocycles. The molecule has 1 fully saturated rings. The maximum absolute atomic E-state index is 4.11.